The molecule has 306 valence electrons. The van der Waals surface area contributed by atoms with Gasteiger partial charge in [0.2, 0.25) is 5.91 Å². The van der Waals surface area contributed by atoms with Crippen LogP contribution in [0.5, 0.6) is 5.75 Å². The third-order valence-electron chi connectivity index (χ3n) is 12.3. The van der Waals surface area contributed by atoms with Crippen LogP contribution < -0.4 is 20.7 Å². The molecule has 0 aromatic heterocycles. The number of amides is 2. The number of halogens is 1. The second-order valence-corrected chi connectivity index (χ2v) is 17.8. The fourth-order valence-corrected chi connectivity index (χ4v) is 10.1. The predicted molar refractivity (Wildman–Crippen MR) is 223 cm³/mol. The summed E-state index contributed by atoms with van der Waals surface area (Å²) in [7, 11) is 2.40. The van der Waals surface area contributed by atoms with E-state index in [1.165, 1.54) is 36.9 Å². The summed E-state index contributed by atoms with van der Waals surface area (Å²) >= 11 is 0. The van der Waals surface area contributed by atoms with Gasteiger partial charge in [-0.25, -0.2) is 9.18 Å². The lowest BCUT2D eigenvalue weighted by Gasteiger charge is -2.55. The van der Waals surface area contributed by atoms with Crippen LogP contribution in [-0.4, -0.2) is 72.3 Å². The molecule has 0 atom stereocenters. The summed E-state index contributed by atoms with van der Waals surface area (Å²) < 4.78 is 36.1. The molecule has 0 radical (unpaired) electrons. The molecule has 12 heteroatoms. The highest BCUT2D eigenvalue weighted by molar-refractivity contribution is 7.85. The maximum atomic E-state index is 15.2. The first kappa shape index (κ1) is 44.0. The molecule has 0 unspecified atom stereocenters. The number of fused-ring (bicyclic) bond motifs is 3. The van der Waals surface area contributed by atoms with Gasteiger partial charge in [-0.1, -0.05) is 31.4 Å². The molecule has 4 saturated carbocycles. The van der Waals surface area contributed by atoms with Crippen LogP contribution in [0.1, 0.15) is 115 Å². The molecule has 2 aromatic rings. The van der Waals surface area contributed by atoms with E-state index in [0.29, 0.717) is 29.2 Å². The number of hydrogen-bond acceptors (Lipinski definition) is 7. The number of nitrogens with one attached hydrogen (secondary N) is 1. The van der Waals surface area contributed by atoms with E-state index >= 15 is 4.39 Å². The summed E-state index contributed by atoms with van der Waals surface area (Å²) in [5.41, 5.74) is 10.5. The van der Waals surface area contributed by atoms with Crippen LogP contribution in [0, 0.1) is 24.1 Å². The summed E-state index contributed by atoms with van der Waals surface area (Å²) in [4.78, 5) is 31.4. The van der Waals surface area contributed by atoms with Crippen LogP contribution in [0.3, 0.4) is 0 Å². The van der Waals surface area contributed by atoms with E-state index in [1.807, 2.05) is 24.8 Å². The molecule has 2 amide bonds. The molecule has 55 heavy (non-hydrogen) atoms. The van der Waals surface area contributed by atoms with Gasteiger partial charge in [0.1, 0.15) is 11.6 Å². The molecule has 2 aromatic carbocycles. The average molecular weight is 785 g/mol. The lowest BCUT2D eigenvalue weighted by Crippen LogP contribution is -2.51. The molecule has 0 spiro atoms. The Morgan fingerprint density at radius 3 is 2.24 bits per heavy atom. The minimum atomic E-state index is -0.670. The van der Waals surface area contributed by atoms with E-state index in [4.69, 9.17) is 10.5 Å². The molecule has 1 saturated heterocycles. The Morgan fingerprint density at radius 2 is 1.67 bits per heavy atom. The van der Waals surface area contributed by atoms with Crippen molar-refractivity contribution < 1.29 is 34.6 Å². The largest absolute Gasteiger partial charge is 0.496 e. The minimum Gasteiger partial charge on any atom is -0.496 e. The van der Waals surface area contributed by atoms with E-state index in [1.54, 1.807) is 19.4 Å². The predicted octanol–water partition coefficient (Wildman–Crippen LogP) is 7.80. The van der Waals surface area contributed by atoms with Crippen molar-refractivity contribution in [3.05, 3.63) is 65.1 Å². The Kier molecular flexibility index (Phi) is 15.9. The number of nitrogens with two attached hydrogens (primary N) is 1. The quantitative estimate of drug-likeness (QED) is 0.234. The zero-order valence-electron chi connectivity index (χ0n) is 33.5. The molecular weight excluding hydrogens is 720 g/mol. The second-order valence-electron chi connectivity index (χ2n) is 16.1. The van der Waals surface area contributed by atoms with Gasteiger partial charge in [-0.05, 0) is 131 Å². The number of allylic oxidation sites excluding steroid dienone is 1. The highest BCUT2D eigenvalue weighted by atomic mass is 32.2. The molecular formula is C43H65FN4O6S. The number of rotatable bonds is 10. The molecule has 5 fully saturated rings. The van der Waals surface area contributed by atoms with E-state index in [9.17, 15) is 13.8 Å². The average Bonchev–Trinajstić information content (AvgIpc) is 3.19. The van der Waals surface area contributed by atoms with Gasteiger partial charge in [0, 0.05) is 77.5 Å². The number of aliphatic imine (C=N–C) groups is 1. The molecule has 2 bridgehead atoms. The number of nitrogens with zero attached hydrogens (tertiary/aromatic N) is 2. The lowest BCUT2D eigenvalue weighted by molar-refractivity contribution is -0.124. The SMILES string of the molecule is COC(=O)NC1CCS(=O)CC1.COc1ccc(C23CCC(CN(C(=O)C4CCCCC4)c4ccc(F)c(/C(C=NC(C)C)=C/N)c4)(CC2)CC3)cc1C.O.[HH]. The zero-order valence-corrected chi connectivity index (χ0v) is 34.3. The number of aryl methyl sites for hydroxylation is 1. The number of hydrogen-bond donors (Lipinski definition) is 2. The molecule has 7 rings (SSSR count). The summed E-state index contributed by atoms with van der Waals surface area (Å²) in [6.07, 6.45) is 16.2. The fourth-order valence-electron chi connectivity index (χ4n) is 8.84. The van der Waals surface area contributed by atoms with Crippen LogP contribution in [0.2, 0.25) is 0 Å². The fraction of sp³-hybridized carbons (Fsp3) is 0.605. The van der Waals surface area contributed by atoms with E-state index in [0.717, 1.165) is 88.5 Å². The van der Waals surface area contributed by atoms with Gasteiger partial charge in [-0.15, -0.1) is 0 Å². The first-order valence-corrected chi connectivity index (χ1v) is 21.3. The number of ether oxygens (including phenoxy) is 2. The third kappa shape index (κ3) is 11.0. The summed E-state index contributed by atoms with van der Waals surface area (Å²) in [5.74, 6) is 2.19. The van der Waals surface area contributed by atoms with E-state index in [-0.39, 0.29) is 47.5 Å². The highest BCUT2D eigenvalue weighted by Gasteiger charge is 2.50. The van der Waals surface area contributed by atoms with Crippen molar-refractivity contribution in [3.8, 4) is 5.75 Å². The number of alkyl carbamates (subject to hydrolysis) is 1. The van der Waals surface area contributed by atoms with Gasteiger partial charge in [0.05, 0.1) is 14.2 Å². The number of methoxy groups -OCH3 is 2. The van der Waals surface area contributed by atoms with Gasteiger partial charge >= 0.3 is 6.09 Å². The Balaban J connectivity index is 0.000000516. The minimum absolute atomic E-state index is 0. The van der Waals surface area contributed by atoms with Gasteiger partial charge in [0.15, 0.2) is 0 Å². The third-order valence-corrected chi connectivity index (χ3v) is 13.7. The highest BCUT2D eigenvalue weighted by Crippen LogP contribution is 2.58. The molecule has 10 nitrogen and oxygen atoms in total. The molecule has 5 N–H and O–H groups in total. The van der Waals surface area contributed by atoms with Crippen molar-refractivity contribution in [2.45, 2.75) is 122 Å². The number of anilines is 1. The topological polar surface area (TPSA) is 155 Å². The standard InChI is InChI=1S/C36H48FN3O2.C7H13NO3S.H2O.H2/c1-25(2)39-23-28(22-38)31-21-30(11-12-32(31)37)40(34(41)27-8-6-5-7-9-27)24-35-14-17-36(18-15-35,19-16-35)29-10-13-33(42-4)26(3)20-29;1-11-7(9)8-6-2-4-12(10)5-3-6;;/h10-13,20-23,25,27H,5-9,14-19,24,38H2,1-4H3;6H,2-5H2,1H3,(H,8,9);1H2;1H/b28-22+,39-23?;;;. The Bertz CT molecular complexity index is 1680. The van der Waals surface area contributed by atoms with Crippen LogP contribution >= 0.6 is 0 Å². The number of benzene rings is 2. The van der Waals surface area contributed by atoms with E-state index < -0.39 is 16.9 Å². The van der Waals surface area contributed by atoms with Crippen molar-refractivity contribution in [1.29, 1.82) is 0 Å². The van der Waals surface area contributed by atoms with E-state index in [2.05, 4.69) is 40.2 Å². The van der Waals surface area contributed by atoms with Crippen molar-refractivity contribution in [2.24, 2.45) is 22.1 Å². The van der Waals surface area contributed by atoms with Crippen molar-refractivity contribution in [1.82, 2.24) is 5.32 Å². The second kappa shape index (κ2) is 19.9. The summed E-state index contributed by atoms with van der Waals surface area (Å²) in [6, 6.07) is 12.0. The first-order valence-electron chi connectivity index (χ1n) is 19.8. The van der Waals surface area contributed by atoms with Gasteiger partial charge < -0.3 is 30.9 Å². The maximum Gasteiger partial charge on any atom is 0.407 e. The van der Waals surface area contributed by atoms with Gasteiger partial charge in [-0.2, -0.15) is 0 Å². The maximum absolute atomic E-state index is 15.2. The van der Waals surface area contributed by atoms with Crippen LogP contribution in [0.4, 0.5) is 14.9 Å². The monoisotopic (exact) mass is 784 g/mol. The zero-order chi connectivity index (χ0) is 38.9. The number of carbonyl (C=O) groups is 2. The van der Waals surface area contributed by atoms with Crippen molar-refractivity contribution in [2.75, 3.05) is 37.2 Å². The van der Waals surface area contributed by atoms with Gasteiger partial charge in [-0.3, -0.25) is 14.0 Å². The van der Waals surface area contributed by atoms with Crippen LogP contribution in [0.25, 0.3) is 5.57 Å². The molecule has 1 heterocycles. The Hall–Kier alpha value is -3.77. The Labute approximate surface area is 331 Å². The molecule has 1 aliphatic heterocycles. The number of carbonyl (C=O) groups excluding carboxylic acids is 2. The summed E-state index contributed by atoms with van der Waals surface area (Å²) in [5, 5.41) is 2.69. The van der Waals surface area contributed by atoms with Gasteiger partial charge in [0.25, 0.3) is 0 Å². The Morgan fingerprint density at radius 1 is 1.02 bits per heavy atom. The summed E-state index contributed by atoms with van der Waals surface area (Å²) in [6.45, 7) is 6.76. The molecule has 5 aliphatic rings. The van der Waals surface area contributed by atoms with Crippen molar-refractivity contribution >= 4 is 40.3 Å². The van der Waals surface area contributed by atoms with Crippen LogP contribution in [0.15, 0.2) is 47.6 Å². The lowest BCUT2D eigenvalue weighted by atomic mass is 9.51. The van der Waals surface area contributed by atoms with Crippen molar-refractivity contribution in [3.63, 3.8) is 0 Å². The first-order chi connectivity index (χ1) is 25.9. The smallest absolute Gasteiger partial charge is 0.407 e. The van der Waals surface area contributed by atoms with Crippen LogP contribution in [-0.2, 0) is 25.7 Å². The normalized spacial score (nSPS) is 25.4. The molecule has 4 aliphatic carbocycles.